The van der Waals surface area contributed by atoms with Crippen LogP contribution in [0, 0.1) is 0 Å². The van der Waals surface area contributed by atoms with Gasteiger partial charge in [0.15, 0.2) is 0 Å². The fraction of sp³-hybridized carbons (Fsp3) is 0.286. The summed E-state index contributed by atoms with van der Waals surface area (Å²) in [5, 5.41) is 9.09. The highest BCUT2D eigenvalue weighted by Crippen LogP contribution is 2.15. The summed E-state index contributed by atoms with van der Waals surface area (Å²) >= 11 is 3.38. The van der Waals surface area contributed by atoms with E-state index in [1.165, 1.54) is 4.90 Å². The van der Waals surface area contributed by atoms with Gasteiger partial charge in [0.05, 0.1) is 12.6 Å². The van der Waals surface area contributed by atoms with Gasteiger partial charge in [0.25, 0.3) is 5.91 Å². The zero-order valence-electron chi connectivity index (χ0n) is 11.3. The number of halogens is 1. The van der Waals surface area contributed by atoms with Gasteiger partial charge in [-0.1, -0.05) is 15.9 Å². The van der Waals surface area contributed by atoms with Gasteiger partial charge in [-0.25, -0.2) is 4.98 Å². The Bertz CT molecular complexity index is 595. The van der Waals surface area contributed by atoms with Crippen LogP contribution < -0.4 is 0 Å². The highest BCUT2D eigenvalue weighted by atomic mass is 79.9. The van der Waals surface area contributed by atoms with Crippen molar-refractivity contribution in [1.82, 2.24) is 14.5 Å². The Balaban J connectivity index is 2.20. The number of imidazole rings is 1. The standard InChI is InChI=1S/C14H16BrN3O2/c1-10(8-19)17(2)14(20)13-7-18(9-16-13)12-5-3-11(15)4-6-12/h3-7,9-10,19H,8H2,1-2H3/t10-/m1/s1. The van der Waals surface area contributed by atoms with Crippen LogP contribution in [0.5, 0.6) is 0 Å². The second-order valence-electron chi connectivity index (χ2n) is 4.59. The molecular weight excluding hydrogens is 322 g/mol. The lowest BCUT2D eigenvalue weighted by atomic mass is 10.3. The van der Waals surface area contributed by atoms with Gasteiger partial charge in [0, 0.05) is 23.4 Å². The predicted molar refractivity (Wildman–Crippen MR) is 79.9 cm³/mol. The lowest BCUT2D eigenvalue weighted by molar-refractivity contribution is 0.0677. The Hall–Kier alpha value is -1.66. The van der Waals surface area contributed by atoms with Crippen LogP contribution in [0.2, 0.25) is 0 Å². The summed E-state index contributed by atoms with van der Waals surface area (Å²) in [5.74, 6) is -0.206. The van der Waals surface area contributed by atoms with Crippen molar-refractivity contribution in [3.05, 3.63) is 47.0 Å². The molecule has 0 fully saturated rings. The van der Waals surface area contributed by atoms with Crippen LogP contribution in [0.15, 0.2) is 41.3 Å². The van der Waals surface area contributed by atoms with E-state index in [4.69, 9.17) is 5.11 Å². The van der Waals surface area contributed by atoms with Gasteiger partial charge in [0.1, 0.15) is 12.0 Å². The van der Waals surface area contributed by atoms with E-state index < -0.39 is 0 Å². The molecule has 0 radical (unpaired) electrons. The quantitative estimate of drug-likeness (QED) is 0.929. The molecule has 6 heteroatoms. The molecule has 0 saturated heterocycles. The number of carbonyl (C=O) groups excluding carboxylic acids is 1. The fourth-order valence-corrected chi connectivity index (χ4v) is 1.96. The summed E-state index contributed by atoms with van der Waals surface area (Å²) in [4.78, 5) is 17.8. The van der Waals surface area contributed by atoms with E-state index in [2.05, 4.69) is 20.9 Å². The molecule has 0 aliphatic rings. The number of aliphatic hydroxyl groups is 1. The number of carbonyl (C=O) groups is 1. The third kappa shape index (κ3) is 3.08. The largest absolute Gasteiger partial charge is 0.394 e. The first-order valence-corrected chi connectivity index (χ1v) is 7.00. The molecule has 1 amide bonds. The van der Waals surface area contributed by atoms with Crippen LogP contribution >= 0.6 is 15.9 Å². The third-order valence-electron chi connectivity index (χ3n) is 3.17. The summed E-state index contributed by atoms with van der Waals surface area (Å²) in [6.45, 7) is 1.71. The highest BCUT2D eigenvalue weighted by Gasteiger charge is 2.19. The van der Waals surface area contributed by atoms with E-state index in [1.54, 1.807) is 31.1 Å². The SMILES string of the molecule is C[C@H](CO)N(C)C(=O)c1cn(-c2ccc(Br)cc2)cn1. The highest BCUT2D eigenvalue weighted by molar-refractivity contribution is 9.10. The van der Waals surface area contributed by atoms with E-state index in [0.29, 0.717) is 5.69 Å². The second kappa shape index (κ2) is 6.19. The van der Waals surface area contributed by atoms with Crippen molar-refractivity contribution in [1.29, 1.82) is 0 Å². The number of nitrogens with zero attached hydrogens (tertiary/aromatic N) is 3. The van der Waals surface area contributed by atoms with Gasteiger partial charge >= 0.3 is 0 Å². The minimum Gasteiger partial charge on any atom is -0.394 e. The van der Waals surface area contributed by atoms with Gasteiger partial charge < -0.3 is 14.6 Å². The van der Waals surface area contributed by atoms with Gasteiger partial charge in [-0.05, 0) is 31.2 Å². The molecule has 0 unspecified atom stereocenters. The van der Waals surface area contributed by atoms with Gasteiger partial charge in [-0.3, -0.25) is 4.79 Å². The molecule has 0 aliphatic heterocycles. The minimum absolute atomic E-state index is 0.0737. The number of aromatic nitrogens is 2. The maximum Gasteiger partial charge on any atom is 0.274 e. The van der Waals surface area contributed by atoms with Crippen molar-refractivity contribution in [2.75, 3.05) is 13.7 Å². The topological polar surface area (TPSA) is 58.4 Å². The molecule has 1 N–H and O–H groups in total. The Morgan fingerprint density at radius 2 is 2.10 bits per heavy atom. The van der Waals surface area contributed by atoms with Crippen LogP contribution in [0.1, 0.15) is 17.4 Å². The monoisotopic (exact) mass is 337 g/mol. The molecule has 20 heavy (non-hydrogen) atoms. The zero-order chi connectivity index (χ0) is 14.7. The van der Waals surface area contributed by atoms with Crippen molar-refractivity contribution >= 4 is 21.8 Å². The number of likely N-dealkylation sites (N-methyl/N-ethyl adjacent to an activating group) is 1. The maximum absolute atomic E-state index is 12.2. The molecule has 2 rings (SSSR count). The van der Waals surface area contributed by atoms with Crippen LogP contribution in [0.25, 0.3) is 5.69 Å². The molecule has 0 bridgehead atoms. The maximum atomic E-state index is 12.2. The van der Waals surface area contributed by atoms with Gasteiger partial charge in [0.2, 0.25) is 0 Å². The number of amides is 1. The molecule has 1 atom stereocenters. The van der Waals surface area contributed by atoms with E-state index >= 15 is 0 Å². The number of aliphatic hydroxyl groups excluding tert-OH is 1. The van der Waals surface area contributed by atoms with E-state index in [0.717, 1.165) is 10.2 Å². The Labute approximate surface area is 126 Å². The van der Waals surface area contributed by atoms with Gasteiger partial charge in [-0.2, -0.15) is 0 Å². The van der Waals surface area contributed by atoms with Crippen LogP contribution in [0.3, 0.4) is 0 Å². The molecule has 1 aromatic heterocycles. The summed E-state index contributed by atoms with van der Waals surface area (Å²) in [6, 6.07) is 7.48. The summed E-state index contributed by atoms with van der Waals surface area (Å²) in [5.41, 5.74) is 1.29. The number of hydrogen-bond acceptors (Lipinski definition) is 3. The first-order chi connectivity index (χ1) is 9.52. The van der Waals surface area contributed by atoms with Crippen molar-refractivity contribution in [3.8, 4) is 5.69 Å². The molecule has 5 nitrogen and oxygen atoms in total. The van der Waals surface area contributed by atoms with E-state index in [1.807, 2.05) is 24.3 Å². The van der Waals surface area contributed by atoms with Crippen LogP contribution in [-0.4, -0.2) is 45.2 Å². The lowest BCUT2D eigenvalue weighted by Gasteiger charge is -2.21. The van der Waals surface area contributed by atoms with Crippen LogP contribution in [0.4, 0.5) is 0 Å². The number of benzene rings is 1. The first-order valence-electron chi connectivity index (χ1n) is 6.21. The Kier molecular flexibility index (Phi) is 4.57. The minimum atomic E-state index is -0.236. The van der Waals surface area contributed by atoms with Crippen molar-refractivity contribution in [2.45, 2.75) is 13.0 Å². The van der Waals surface area contributed by atoms with Crippen molar-refractivity contribution in [3.63, 3.8) is 0 Å². The average molecular weight is 338 g/mol. The molecule has 0 aliphatic carbocycles. The van der Waals surface area contributed by atoms with Crippen LogP contribution in [-0.2, 0) is 0 Å². The Morgan fingerprint density at radius 3 is 2.70 bits per heavy atom. The van der Waals surface area contributed by atoms with E-state index in [-0.39, 0.29) is 18.6 Å². The normalized spacial score (nSPS) is 12.2. The summed E-state index contributed by atoms with van der Waals surface area (Å²) in [7, 11) is 1.65. The first kappa shape index (κ1) is 14.7. The summed E-state index contributed by atoms with van der Waals surface area (Å²) < 4.78 is 2.78. The smallest absolute Gasteiger partial charge is 0.274 e. The van der Waals surface area contributed by atoms with Gasteiger partial charge in [-0.15, -0.1) is 0 Å². The number of hydrogen-bond donors (Lipinski definition) is 1. The molecule has 0 spiro atoms. The number of rotatable bonds is 4. The summed E-state index contributed by atoms with van der Waals surface area (Å²) in [6.07, 6.45) is 3.29. The van der Waals surface area contributed by atoms with Crippen molar-refractivity contribution < 1.29 is 9.90 Å². The zero-order valence-corrected chi connectivity index (χ0v) is 12.9. The molecule has 1 aromatic carbocycles. The average Bonchev–Trinajstić information content (AvgIpc) is 2.95. The van der Waals surface area contributed by atoms with Crippen molar-refractivity contribution in [2.24, 2.45) is 0 Å². The van der Waals surface area contributed by atoms with E-state index in [9.17, 15) is 4.79 Å². The third-order valence-corrected chi connectivity index (χ3v) is 3.70. The predicted octanol–water partition coefficient (Wildman–Crippen LogP) is 2.09. The Morgan fingerprint density at radius 1 is 1.45 bits per heavy atom. The lowest BCUT2D eigenvalue weighted by Crippen LogP contribution is -2.37. The molecule has 0 saturated carbocycles. The second-order valence-corrected chi connectivity index (χ2v) is 5.51. The molecule has 1 heterocycles. The molecule has 2 aromatic rings. The molecule has 106 valence electrons. The molecular formula is C14H16BrN3O2. The fourth-order valence-electron chi connectivity index (χ4n) is 1.69.